The summed E-state index contributed by atoms with van der Waals surface area (Å²) in [7, 11) is 1.47. The van der Waals surface area contributed by atoms with Crippen LogP contribution in [0.2, 0.25) is 13.3 Å². The van der Waals surface area contributed by atoms with Gasteiger partial charge in [0.2, 0.25) is 0 Å². The standard InChI is InChI=1S/C15H13N2O2.3C4H9.Sn/c1-19-14(18)15(6-7-15)12-4-2-11(3-5-12)13-10-16-8-9-17-13;3*1-3-4-2;/h2-5,9-10H,6-7H2,1H3;3*1,3-4H2,2H3;. The van der Waals surface area contributed by atoms with Gasteiger partial charge in [0.1, 0.15) is 0 Å². The van der Waals surface area contributed by atoms with Crippen LogP contribution in [0.4, 0.5) is 0 Å². The van der Waals surface area contributed by atoms with Gasteiger partial charge in [0.05, 0.1) is 0 Å². The number of nitrogens with zero attached hydrogens (tertiary/aromatic N) is 2. The molecule has 0 spiro atoms. The van der Waals surface area contributed by atoms with E-state index in [-0.39, 0.29) is 5.97 Å². The van der Waals surface area contributed by atoms with Gasteiger partial charge in [-0.2, -0.15) is 0 Å². The molecule has 3 rings (SSSR count). The summed E-state index contributed by atoms with van der Waals surface area (Å²) in [5, 5.41) is 0. The molecule has 1 fully saturated rings. The van der Waals surface area contributed by atoms with Gasteiger partial charge < -0.3 is 0 Å². The molecule has 0 unspecified atom stereocenters. The minimum atomic E-state index is -2.53. The molecule has 0 N–H and O–H groups in total. The first kappa shape index (κ1) is 25.2. The van der Waals surface area contributed by atoms with E-state index in [1.165, 1.54) is 62.7 Å². The van der Waals surface area contributed by atoms with E-state index in [4.69, 9.17) is 14.7 Å². The van der Waals surface area contributed by atoms with Gasteiger partial charge >= 0.3 is 199 Å². The number of aromatic nitrogens is 2. The molecule has 0 radical (unpaired) electrons. The first-order valence-electron chi connectivity index (χ1n) is 12.6. The summed E-state index contributed by atoms with van der Waals surface area (Å²) >= 11 is -2.53. The molecule has 2 aromatic rings. The van der Waals surface area contributed by atoms with Gasteiger partial charge in [-0.3, -0.25) is 0 Å². The van der Waals surface area contributed by atoms with E-state index < -0.39 is 23.8 Å². The van der Waals surface area contributed by atoms with Crippen LogP contribution in [0.25, 0.3) is 11.3 Å². The van der Waals surface area contributed by atoms with Crippen molar-refractivity contribution in [2.75, 3.05) is 7.11 Å². The molecule has 1 aliphatic rings. The molecule has 5 heteroatoms. The Morgan fingerprint density at radius 3 is 1.88 bits per heavy atom. The Hall–Kier alpha value is -1.43. The normalized spacial score (nSPS) is 14.9. The third kappa shape index (κ3) is 5.55. The van der Waals surface area contributed by atoms with E-state index in [9.17, 15) is 4.79 Å². The summed E-state index contributed by atoms with van der Waals surface area (Å²) in [6.45, 7) is 6.92. The van der Waals surface area contributed by atoms with Gasteiger partial charge in [0, 0.05) is 0 Å². The fraction of sp³-hybridized carbons (Fsp3) is 0.593. The zero-order valence-electron chi connectivity index (χ0n) is 20.5. The third-order valence-corrected chi connectivity index (χ3v) is 22.3. The molecular formula is C27H40N2O2Sn. The van der Waals surface area contributed by atoms with Gasteiger partial charge in [-0.15, -0.1) is 0 Å². The van der Waals surface area contributed by atoms with Crippen LogP contribution in [0, 0.1) is 0 Å². The van der Waals surface area contributed by atoms with Crippen LogP contribution < -0.4 is 3.71 Å². The van der Waals surface area contributed by atoms with E-state index >= 15 is 0 Å². The van der Waals surface area contributed by atoms with Gasteiger partial charge in [0.15, 0.2) is 0 Å². The number of hydrogen-bond acceptors (Lipinski definition) is 4. The molecule has 1 aromatic heterocycles. The second-order valence-corrected chi connectivity index (χ2v) is 22.6. The average Bonchev–Trinajstić information content (AvgIpc) is 3.66. The zero-order valence-corrected chi connectivity index (χ0v) is 23.3. The summed E-state index contributed by atoms with van der Waals surface area (Å²) in [5.41, 5.74) is 2.61. The summed E-state index contributed by atoms with van der Waals surface area (Å²) in [6.07, 6.45) is 13.6. The molecule has 0 saturated heterocycles. The summed E-state index contributed by atoms with van der Waals surface area (Å²) in [5.74, 6) is -0.121. The summed E-state index contributed by atoms with van der Waals surface area (Å²) in [6, 6.07) is 8.26. The number of unbranched alkanes of at least 4 members (excludes halogenated alkanes) is 3. The van der Waals surface area contributed by atoms with Crippen molar-refractivity contribution in [1.29, 1.82) is 0 Å². The van der Waals surface area contributed by atoms with Gasteiger partial charge in [-0.05, 0) is 0 Å². The van der Waals surface area contributed by atoms with Gasteiger partial charge in [0.25, 0.3) is 0 Å². The molecule has 1 aromatic carbocycles. The fourth-order valence-electron chi connectivity index (χ4n) is 4.95. The Balaban J connectivity index is 1.83. The second kappa shape index (κ2) is 11.6. The molecular weight excluding hydrogens is 503 g/mol. The van der Waals surface area contributed by atoms with Crippen molar-refractivity contribution in [3.05, 3.63) is 42.2 Å². The summed E-state index contributed by atoms with van der Waals surface area (Å²) < 4.78 is 10.6. The first-order valence-corrected chi connectivity index (χ1v) is 20.0. The van der Waals surface area contributed by atoms with Crippen LogP contribution in [-0.2, 0) is 14.9 Å². The number of esters is 1. The Morgan fingerprint density at radius 1 is 0.906 bits per heavy atom. The molecule has 4 nitrogen and oxygen atoms in total. The molecule has 1 aliphatic carbocycles. The van der Waals surface area contributed by atoms with Crippen molar-refractivity contribution in [3.8, 4) is 11.3 Å². The van der Waals surface area contributed by atoms with Crippen molar-refractivity contribution in [1.82, 2.24) is 9.97 Å². The topological polar surface area (TPSA) is 52.1 Å². The fourth-order valence-corrected chi connectivity index (χ4v) is 20.0. The molecule has 32 heavy (non-hydrogen) atoms. The van der Waals surface area contributed by atoms with Crippen LogP contribution >= 0.6 is 0 Å². The minimum absolute atomic E-state index is 0.121. The predicted octanol–water partition coefficient (Wildman–Crippen LogP) is 6.40. The van der Waals surface area contributed by atoms with Crippen molar-refractivity contribution in [3.63, 3.8) is 0 Å². The second-order valence-electron chi connectivity index (χ2n) is 9.53. The number of rotatable bonds is 13. The average molecular weight is 543 g/mol. The molecule has 0 aliphatic heterocycles. The van der Waals surface area contributed by atoms with E-state index in [2.05, 4.69) is 51.2 Å². The van der Waals surface area contributed by atoms with Crippen molar-refractivity contribution in [2.24, 2.45) is 0 Å². The number of methoxy groups -OCH3 is 1. The number of carbonyl (C=O) groups is 1. The number of benzene rings is 1. The summed E-state index contributed by atoms with van der Waals surface area (Å²) in [4.78, 5) is 22.1. The van der Waals surface area contributed by atoms with E-state index in [1.54, 1.807) is 0 Å². The Kier molecular flexibility index (Phi) is 9.15. The quantitative estimate of drug-likeness (QED) is 0.217. The van der Waals surface area contributed by atoms with Crippen molar-refractivity contribution >= 4 is 28.1 Å². The number of hydrogen-bond donors (Lipinski definition) is 0. The Labute approximate surface area is 198 Å². The molecule has 0 atom stereocenters. The predicted molar refractivity (Wildman–Crippen MR) is 135 cm³/mol. The van der Waals surface area contributed by atoms with Crippen LogP contribution in [-0.4, -0.2) is 41.4 Å². The maximum atomic E-state index is 12.2. The number of carbonyl (C=O) groups excluding carboxylic acids is 1. The van der Waals surface area contributed by atoms with E-state index in [1.807, 2.05) is 6.20 Å². The number of ether oxygens (including phenoxy) is 1. The Bertz CT molecular complexity index is 838. The van der Waals surface area contributed by atoms with E-state index in [0.29, 0.717) is 0 Å². The first-order chi connectivity index (χ1) is 15.5. The SMILES string of the molecule is CCC[CH2][Sn]([CH2]CCC)([CH2]CCC)[c]1cnc(-c2ccc(C3(C(=O)OC)CC3)cc2)cn1. The molecule has 174 valence electrons. The molecule has 0 amide bonds. The molecule has 1 saturated carbocycles. The molecule has 0 bridgehead atoms. The monoisotopic (exact) mass is 544 g/mol. The van der Waals surface area contributed by atoms with Crippen LogP contribution in [0.3, 0.4) is 0 Å². The van der Waals surface area contributed by atoms with Crippen molar-refractivity contribution in [2.45, 2.75) is 90.9 Å². The van der Waals surface area contributed by atoms with Crippen LogP contribution in [0.1, 0.15) is 77.7 Å². The zero-order chi connectivity index (χ0) is 23.0. The van der Waals surface area contributed by atoms with Crippen LogP contribution in [0.15, 0.2) is 36.7 Å². The third-order valence-electron chi connectivity index (χ3n) is 7.28. The van der Waals surface area contributed by atoms with Gasteiger partial charge in [-0.1, -0.05) is 0 Å². The van der Waals surface area contributed by atoms with Gasteiger partial charge in [-0.25, -0.2) is 0 Å². The van der Waals surface area contributed by atoms with Crippen molar-refractivity contribution < 1.29 is 9.53 Å². The van der Waals surface area contributed by atoms with E-state index in [0.717, 1.165) is 29.7 Å². The molecule has 1 heterocycles. The van der Waals surface area contributed by atoms with Crippen LogP contribution in [0.5, 0.6) is 0 Å². The maximum absolute atomic E-state index is 12.2. The Morgan fingerprint density at radius 2 is 1.47 bits per heavy atom.